The Morgan fingerprint density at radius 2 is 1.72 bits per heavy atom. The van der Waals surface area contributed by atoms with E-state index in [0.29, 0.717) is 13.2 Å². The first kappa shape index (κ1) is 26.0. The van der Waals surface area contributed by atoms with Crippen LogP contribution >= 0.6 is 15.9 Å². The molecule has 29 heavy (non-hydrogen) atoms. The second-order valence-electron chi connectivity index (χ2n) is 10.1. The Hall–Kier alpha value is -1.05. The van der Waals surface area contributed by atoms with Gasteiger partial charge >= 0.3 is 6.09 Å². The maximum absolute atomic E-state index is 12.4. The van der Waals surface area contributed by atoms with Crippen LogP contribution in [-0.2, 0) is 9.16 Å². The van der Waals surface area contributed by atoms with Gasteiger partial charge in [-0.15, -0.1) is 0 Å². The van der Waals surface area contributed by atoms with Crippen molar-refractivity contribution in [2.75, 3.05) is 20.2 Å². The minimum Gasteiger partial charge on any atom is -0.491 e. The van der Waals surface area contributed by atoms with Gasteiger partial charge in [0, 0.05) is 11.5 Å². The molecule has 1 aromatic carbocycles. The zero-order valence-corrected chi connectivity index (χ0v) is 22.3. The van der Waals surface area contributed by atoms with Crippen molar-refractivity contribution in [3.63, 3.8) is 0 Å². The molecule has 0 saturated carbocycles. The van der Waals surface area contributed by atoms with E-state index < -0.39 is 13.9 Å². The molecule has 0 aromatic heterocycles. The van der Waals surface area contributed by atoms with Crippen LogP contribution in [0.25, 0.3) is 0 Å². The number of hydrogen-bond donors (Lipinski definition) is 0. The fraction of sp³-hybridized carbons (Fsp3) is 0.682. The third-order valence-corrected chi connectivity index (χ3v) is 9.89. The summed E-state index contributed by atoms with van der Waals surface area (Å²) in [5.41, 5.74) is 0.577. The highest BCUT2D eigenvalue weighted by molar-refractivity contribution is 9.10. The number of halogens is 1. The number of benzene rings is 1. The molecule has 0 aliphatic heterocycles. The van der Waals surface area contributed by atoms with Crippen molar-refractivity contribution < 1.29 is 18.7 Å². The molecule has 0 spiro atoms. The third kappa shape index (κ3) is 9.09. The van der Waals surface area contributed by atoms with E-state index in [2.05, 4.69) is 49.8 Å². The van der Waals surface area contributed by atoms with Crippen LogP contribution < -0.4 is 4.74 Å². The molecule has 1 rings (SSSR count). The van der Waals surface area contributed by atoms with Crippen LogP contribution in [0.4, 0.5) is 4.79 Å². The molecular formula is C22H38BrNO4Si. The van der Waals surface area contributed by atoms with Crippen molar-refractivity contribution in [2.24, 2.45) is 0 Å². The number of hydrogen-bond acceptors (Lipinski definition) is 4. The summed E-state index contributed by atoms with van der Waals surface area (Å²) in [5, 5.41) is 0.0576. The minimum absolute atomic E-state index is 0.0576. The van der Waals surface area contributed by atoms with E-state index in [9.17, 15) is 4.79 Å². The topological polar surface area (TPSA) is 48.0 Å². The zero-order valence-electron chi connectivity index (χ0n) is 19.7. The fourth-order valence-corrected chi connectivity index (χ4v) is 4.33. The predicted octanol–water partition coefficient (Wildman–Crippen LogP) is 6.39. The van der Waals surface area contributed by atoms with Gasteiger partial charge in [-0.3, -0.25) is 0 Å². The number of carbonyl (C=O) groups is 1. The van der Waals surface area contributed by atoms with E-state index in [1.54, 1.807) is 11.9 Å². The number of amides is 1. The molecule has 7 heteroatoms. The van der Waals surface area contributed by atoms with Crippen molar-refractivity contribution in [1.29, 1.82) is 0 Å². The largest absolute Gasteiger partial charge is 0.491 e. The van der Waals surface area contributed by atoms with Crippen molar-refractivity contribution in [3.8, 4) is 5.75 Å². The summed E-state index contributed by atoms with van der Waals surface area (Å²) in [5.74, 6) is 0.778. The summed E-state index contributed by atoms with van der Waals surface area (Å²) in [6.07, 6.45) is -0.618. The standard InChI is InChI=1S/C22H38BrNO4Si/c1-16-11-17(23)13-18(12-16)26-15-19(28-29(9,10)22(5,6)7)14-24(8)20(25)27-21(2,3)4/h11-13,19H,14-15H2,1-10H3. The Morgan fingerprint density at radius 1 is 1.14 bits per heavy atom. The van der Waals surface area contributed by atoms with Gasteiger partial charge in [0.1, 0.15) is 18.0 Å². The van der Waals surface area contributed by atoms with Gasteiger partial charge in [-0.2, -0.15) is 0 Å². The molecule has 5 nitrogen and oxygen atoms in total. The molecule has 0 radical (unpaired) electrons. The summed E-state index contributed by atoms with van der Waals surface area (Å²) in [7, 11) is -0.309. The average molecular weight is 489 g/mol. The van der Waals surface area contributed by atoms with Gasteiger partial charge in [-0.1, -0.05) is 36.7 Å². The molecule has 0 aliphatic carbocycles. The van der Waals surface area contributed by atoms with Crippen LogP contribution in [0.3, 0.4) is 0 Å². The van der Waals surface area contributed by atoms with Gasteiger partial charge in [0.05, 0.1) is 12.6 Å². The molecule has 0 saturated heterocycles. The highest BCUT2D eigenvalue weighted by Gasteiger charge is 2.40. The van der Waals surface area contributed by atoms with Crippen molar-refractivity contribution in [2.45, 2.75) is 78.3 Å². The molecule has 0 N–H and O–H groups in total. The molecular weight excluding hydrogens is 450 g/mol. The first-order valence-corrected chi connectivity index (χ1v) is 13.7. The van der Waals surface area contributed by atoms with Crippen molar-refractivity contribution in [1.82, 2.24) is 4.90 Å². The number of nitrogens with zero attached hydrogens (tertiary/aromatic N) is 1. The number of rotatable bonds is 7. The molecule has 166 valence electrons. The Kier molecular flexibility index (Phi) is 8.81. The van der Waals surface area contributed by atoms with Crippen molar-refractivity contribution >= 4 is 30.3 Å². The van der Waals surface area contributed by atoms with Crippen LogP contribution in [0.1, 0.15) is 47.1 Å². The zero-order chi connectivity index (χ0) is 22.6. The summed E-state index contributed by atoms with van der Waals surface area (Å²) in [6, 6.07) is 5.96. The van der Waals surface area contributed by atoms with Crippen molar-refractivity contribution in [3.05, 3.63) is 28.2 Å². The van der Waals surface area contributed by atoms with E-state index in [0.717, 1.165) is 15.8 Å². The second kappa shape index (κ2) is 9.84. The number of ether oxygens (including phenoxy) is 2. The quantitative estimate of drug-likeness (QED) is 0.417. The van der Waals surface area contributed by atoms with Crippen LogP contribution in [0.2, 0.25) is 18.1 Å². The van der Waals surface area contributed by atoms with E-state index in [1.165, 1.54) is 0 Å². The van der Waals surface area contributed by atoms with Gasteiger partial charge in [0.2, 0.25) is 0 Å². The van der Waals surface area contributed by atoms with E-state index in [4.69, 9.17) is 13.9 Å². The first-order chi connectivity index (χ1) is 13.0. The Balaban J connectivity index is 2.94. The normalized spacial score (nSPS) is 13.8. The predicted molar refractivity (Wildman–Crippen MR) is 125 cm³/mol. The van der Waals surface area contributed by atoms with Crippen LogP contribution in [-0.4, -0.2) is 51.2 Å². The highest BCUT2D eigenvalue weighted by Crippen LogP contribution is 2.37. The lowest BCUT2D eigenvalue weighted by Gasteiger charge is -2.40. The monoisotopic (exact) mass is 487 g/mol. The summed E-state index contributed by atoms with van der Waals surface area (Å²) < 4.78 is 19.1. The minimum atomic E-state index is -2.04. The average Bonchev–Trinajstić information content (AvgIpc) is 2.48. The Bertz CT molecular complexity index is 675. The smallest absolute Gasteiger partial charge is 0.410 e. The Labute approximate surface area is 186 Å². The lowest BCUT2D eigenvalue weighted by Crippen LogP contribution is -2.49. The maximum atomic E-state index is 12.4. The van der Waals surface area contributed by atoms with E-state index >= 15 is 0 Å². The van der Waals surface area contributed by atoms with Crippen LogP contribution in [0.15, 0.2) is 22.7 Å². The highest BCUT2D eigenvalue weighted by atomic mass is 79.9. The maximum Gasteiger partial charge on any atom is 0.410 e. The van der Waals surface area contributed by atoms with E-state index in [-0.39, 0.29) is 17.2 Å². The van der Waals surface area contributed by atoms with Gasteiger partial charge in [-0.05, 0) is 69.6 Å². The third-order valence-electron chi connectivity index (χ3n) is 4.90. The molecule has 1 aromatic rings. The lowest BCUT2D eigenvalue weighted by molar-refractivity contribution is 0.0172. The SMILES string of the molecule is Cc1cc(Br)cc(OCC(CN(C)C(=O)OC(C)(C)C)O[Si](C)(C)C(C)(C)C)c1. The van der Waals surface area contributed by atoms with Gasteiger partial charge in [-0.25, -0.2) is 4.79 Å². The second-order valence-corrected chi connectivity index (χ2v) is 15.8. The van der Waals surface area contributed by atoms with Gasteiger partial charge in [0.25, 0.3) is 0 Å². The molecule has 1 atom stereocenters. The molecule has 0 aliphatic rings. The number of carbonyl (C=O) groups excluding carboxylic acids is 1. The lowest BCUT2D eigenvalue weighted by atomic mass is 10.2. The van der Waals surface area contributed by atoms with E-state index in [1.807, 2.05) is 45.9 Å². The number of likely N-dealkylation sites (N-methyl/N-ethyl adjacent to an activating group) is 1. The van der Waals surface area contributed by atoms with Crippen LogP contribution in [0, 0.1) is 6.92 Å². The summed E-state index contributed by atoms with van der Waals surface area (Å²) >= 11 is 3.51. The van der Waals surface area contributed by atoms with Crippen LogP contribution in [0.5, 0.6) is 5.75 Å². The molecule has 0 heterocycles. The summed E-state index contributed by atoms with van der Waals surface area (Å²) in [6.45, 7) is 19.4. The first-order valence-electron chi connectivity index (χ1n) is 10.0. The molecule has 0 bridgehead atoms. The molecule has 1 unspecified atom stereocenters. The Morgan fingerprint density at radius 3 is 2.21 bits per heavy atom. The molecule has 0 fully saturated rings. The summed E-state index contributed by atoms with van der Waals surface area (Å²) in [4.78, 5) is 14.0. The number of aryl methyl sites for hydroxylation is 1. The molecule has 1 amide bonds. The van der Waals surface area contributed by atoms with Gasteiger partial charge < -0.3 is 18.8 Å². The fourth-order valence-electron chi connectivity index (χ4n) is 2.41. The van der Waals surface area contributed by atoms with Gasteiger partial charge in [0.15, 0.2) is 8.32 Å².